The van der Waals surface area contributed by atoms with Crippen LogP contribution in [0, 0.1) is 20.2 Å². The number of nitro benzene ring substituents is 2. The minimum absolute atomic E-state index is 0.126. The summed E-state index contributed by atoms with van der Waals surface area (Å²) in [7, 11) is 0. The molecule has 1 N–H and O–H groups in total. The monoisotopic (exact) mass is 395 g/mol. The topological polar surface area (TPSA) is 125 Å². The molecule has 29 heavy (non-hydrogen) atoms. The van der Waals surface area contributed by atoms with Gasteiger partial charge in [0.25, 0.3) is 11.4 Å². The van der Waals surface area contributed by atoms with Crippen LogP contribution in [0.25, 0.3) is 0 Å². The zero-order chi connectivity index (χ0) is 20.5. The molecule has 1 aliphatic heterocycles. The zero-order valence-corrected chi connectivity index (χ0v) is 15.2. The summed E-state index contributed by atoms with van der Waals surface area (Å²) in [4.78, 5) is 34.7. The zero-order valence-electron chi connectivity index (χ0n) is 15.2. The van der Waals surface area contributed by atoms with E-state index in [0.717, 1.165) is 0 Å². The maximum Gasteiger partial charge on any atom is 0.277 e. The van der Waals surface area contributed by atoms with Crippen LogP contribution in [0.3, 0.4) is 0 Å². The molecule has 2 aromatic rings. The van der Waals surface area contributed by atoms with Crippen LogP contribution < -0.4 is 5.32 Å². The molecule has 148 valence electrons. The number of rotatable bonds is 4. The number of ketones is 1. The molecule has 2 aromatic carbocycles. The number of nitro groups is 2. The van der Waals surface area contributed by atoms with Crippen LogP contribution in [0.2, 0.25) is 0 Å². The Kier molecular flexibility index (Phi) is 4.81. The number of ether oxygens (including phenoxy) is 1. The molecule has 0 spiro atoms. The Balaban J connectivity index is 1.85. The fourth-order valence-electron chi connectivity index (χ4n) is 3.86. The molecule has 0 amide bonds. The summed E-state index contributed by atoms with van der Waals surface area (Å²) in [6.07, 6.45) is 0.519. The van der Waals surface area contributed by atoms with Crippen molar-refractivity contribution in [3.8, 4) is 0 Å². The van der Waals surface area contributed by atoms with E-state index in [1.165, 1.54) is 12.1 Å². The Bertz CT molecular complexity index is 1050. The number of carbonyl (C=O) groups excluding carboxylic acids is 1. The number of allylic oxidation sites excluding steroid dienone is 1. The Morgan fingerprint density at radius 3 is 2.14 bits per heavy atom. The smallest absolute Gasteiger partial charge is 0.277 e. The van der Waals surface area contributed by atoms with Gasteiger partial charge in [-0.3, -0.25) is 30.3 Å². The van der Waals surface area contributed by atoms with Crippen molar-refractivity contribution >= 4 is 17.2 Å². The van der Waals surface area contributed by atoms with Gasteiger partial charge in [0.05, 0.1) is 32.6 Å². The molecule has 9 heteroatoms. The molecule has 0 radical (unpaired) electrons. The minimum atomic E-state index is -0.911. The van der Waals surface area contributed by atoms with Gasteiger partial charge >= 0.3 is 0 Å². The summed E-state index contributed by atoms with van der Waals surface area (Å²) in [5.74, 6) is 0.300. The van der Waals surface area contributed by atoms with Crippen molar-refractivity contribution in [1.82, 2.24) is 5.32 Å². The minimum Gasteiger partial charge on any atom is -0.475 e. The summed E-state index contributed by atoms with van der Waals surface area (Å²) < 4.78 is 5.96. The first kappa shape index (κ1) is 18.8. The first-order chi connectivity index (χ1) is 14.0. The van der Waals surface area contributed by atoms with Gasteiger partial charge in [-0.1, -0.05) is 30.3 Å². The van der Waals surface area contributed by atoms with Crippen molar-refractivity contribution in [3.05, 3.63) is 91.2 Å². The number of carbonyl (C=O) groups is 1. The van der Waals surface area contributed by atoms with Gasteiger partial charge < -0.3 is 4.74 Å². The van der Waals surface area contributed by atoms with Crippen LogP contribution >= 0.6 is 0 Å². The summed E-state index contributed by atoms with van der Waals surface area (Å²) in [6.45, 7) is 0. The Morgan fingerprint density at radius 1 is 0.897 bits per heavy atom. The normalized spacial score (nSPS) is 21.3. The lowest BCUT2D eigenvalue weighted by Gasteiger charge is -2.37. The lowest BCUT2D eigenvalue weighted by atomic mass is 9.85. The fraction of sp³-hybridized carbons (Fsp3) is 0.250. The Labute approximate surface area is 165 Å². The first-order valence-electron chi connectivity index (χ1n) is 9.13. The number of benzene rings is 2. The molecule has 0 fully saturated rings. The van der Waals surface area contributed by atoms with Crippen LogP contribution in [-0.4, -0.2) is 15.6 Å². The van der Waals surface area contributed by atoms with Crippen molar-refractivity contribution in [3.63, 3.8) is 0 Å². The Hall–Kier alpha value is -3.59. The van der Waals surface area contributed by atoms with E-state index >= 15 is 0 Å². The highest BCUT2D eigenvalue weighted by molar-refractivity contribution is 5.98. The van der Waals surface area contributed by atoms with Crippen LogP contribution in [0.5, 0.6) is 0 Å². The summed E-state index contributed by atoms with van der Waals surface area (Å²) in [5, 5.41) is 26.1. The molecule has 2 aliphatic rings. The molecule has 1 aliphatic carbocycles. The third-order valence-corrected chi connectivity index (χ3v) is 5.14. The van der Waals surface area contributed by atoms with Gasteiger partial charge in [0.2, 0.25) is 0 Å². The molecule has 4 rings (SSSR count). The highest BCUT2D eigenvalue weighted by Gasteiger charge is 2.40. The lowest BCUT2D eigenvalue weighted by Crippen LogP contribution is -2.38. The first-order valence-corrected chi connectivity index (χ1v) is 9.13. The van der Waals surface area contributed by atoms with Crippen molar-refractivity contribution in [2.75, 3.05) is 0 Å². The molecular formula is C20H17N3O6. The van der Waals surface area contributed by atoms with Crippen LogP contribution in [-0.2, 0) is 9.53 Å². The van der Waals surface area contributed by atoms with Gasteiger partial charge in [-0.15, -0.1) is 0 Å². The molecule has 2 atom stereocenters. The van der Waals surface area contributed by atoms with E-state index in [2.05, 4.69) is 5.32 Å². The predicted octanol–water partition coefficient (Wildman–Crippen LogP) is 3.87. The molecule has 1 heterocycles. The maximum atomic E-state index is 12.7. The van der Waals surface area contributed by atoms with E-state index in [1.807, 2.05) is 0 Å². The molecule has 0 aromatic heterocycles. The van der Waals surface area contributed by atoms with E-state index in [4.69, 9.17) is 4.74 Å². The van der Waals surface area contributed by atoms with E-state index in [-0.39, 0.29) is 17.2 Å². The van der Waals surface area contributed by atoms with E-state index < -0.39 is 22.1 Å². The highest BCUT2D eigenvalue weighted by atomic mass is 16.6. The van der Waals surface area contributed by atoms with E-state index in [9.17, 15) is 25.0 Å². The number of para-hydroxylation sites is 2. The van der Waals surface area contributed by atoms with Gasteiger partial charge in [-0.25, -0.2) is 0 Å². The van der Waals surface area contributed by atoms with Gasteiger partial charge in [0.1, 0.15) is 5.76 Å². The van der Waals surface area contributed by atoms with E-state index in [0.29, 0.717) is 41.7 Å². The third kappa shape index (κ3) is 3.36. The van der Waals surface area contributed by atoms with Crippen molar-refractivity contribution in [2.45, 2.75) is 31.5 Å². The number of nitrogens with zero attached hydrogens (tertiary/aromatic N) is 2. The highest BCUT2D eigenvalue weighted by Crippen LogP contribution is 2.43. The van der Waals surface area contributed by atoms with Gasteiger partial charge in [-0.05, 0) is 12.5 Å². The lowest BCUT2D eigenvalue weighted by molar-refractivity contribution is -0.386. The van der Waals surface area contributed by atoms with Crippen molar-refractivity contribution in [1.29, 1.82) is 0 Å². The molecule has 0 saturated carbocycles. The SMILES string of the molecule is O=C1CCCC2=C1C(c1ccccc1[N+](=O)[O-])NC(c1ccccc1[N+](=O)[O-])O2. The van der Waals surface area contributed by atoms with Gasteiger partial charge in [-0.2, -0.15) is 0 Å². The summed E-state index contributed by atoms with van der Waals surface area (Å²) in [6, 6.07) is 11.5. The van der Waals surface area contributed by atoms with Crippen LogP contribution in [0.15, 0.2) is 59.9 Å². The quantitative estimate of drug-likeness (QED) is 0.615. The number of hydrogen-bond acceptors (Lipinski definition) is 7. The third-order valence-electron chi connectivity index (χ3n) is 5.14. The summed E-state index contributed by atoms with van der Waals surface area (Å²) >= 11 is 0. The second-order valence-electron chi connectivity index (χ2n) is 6.84. The van der Waals surface area contributed by atoms with Crippen molar-refractivity contribution < 1.29 is 19.4 Å². The average molecular weight is 395 g/mol. The second-order valence-corrected chi connectivity index (χ2v) is 6.84. The number of Topliss-reactive ketones (excluding diaryl/α,β-unsaturated/α-hetero) is 1. The fourth-order valence-corrected chi connectivity index (χ4v) is 3.86. The van der Waals surface area contributed by atoms with Gasteiger partial charge in [0, 0.05) is 25.0 Å². The second kappa shape index (κ2) is 7.44. The van der Waals surface area contributed by atoms with Gasteiger partial charge in [0.15, 0.2) is 12.0 Å². The summed E-state index contributed by atoms with van der Waals surface area (Å²) in [5.41, 5.74) is 0.731. The van der Waals surface area contributed by atoms with Crippen LogP contribution in [0.1, 0.15) is 42.7 Å². The number of hydrogen-bond donors (Lipinski definition) is 1. The largest absolute Gasteiger partial charge is 0.475 e. The molecule has 0 saturated heterocycles. The molecule has 9 nitrogen and oxygen atoms in total. The van der Waals surface area contributed by atoms with Crippen molar-refractivity contribution in [2.24, 2.45) is 0 Å². The Morgan fingerprint density at radius 2 is 1.48 bits per heavy atom. The molecule has 0 bridgehead atoms. The number of nitrogens with one attached hydrogen (secondary N) is 1. The standard InChI is InChI=1S/C20H17N3O6/c24-16-10-5-11-17-18(16)19(12-6-1-3-8-14(12)22(25)26)21-20(29-17)13-7-2-4-9-15(13)23(27)28/h1-4,6-9,19-21H,5,10-11H2. The van der Waals surface area contributed by atoms with E-state index in [1.54, 1.807) is 36.4 Å². The predicted molar refractivity (Wildman–Crippen MR) is 102 cm³/mol. The molecule has 2 unspecified atom stereocenters. The maximum absolute atomic E-state index is 12.7. The molecular weight excluding hydrogens is 378 g/mol. The van der Waals surface area contributed by atoms with Crippen LogP contribution in [0.4, 0.5) is 11.4 Å². The average Bonchev–Trinajstić information content (AvgIpc) is 2.73.